The van der Waals surface area contributed by atoms with Gasteiger partial charge >= 0.3 is 5.97 Å². The van der Waals surface area contributed by atoms with Crippen LogP contribution >= 0.6 is 35.0 Å². The zero-order chi connectivity index (χ0) is 24.2. The van der Waals surface area contributed by atoms with Crippen LogP contribution in [0.25, 0.3) is 6.08 Å². The number of methoxy groups -OCH3 is 1. The van der Waals surface area contributed by atoms with Crippen molar-refractivity contribution in [1.82, 2.24) is 4.98 Å². The third kappa shape index (κ3) is 9.03. The fourth-order valence-corrected chi connectivity index (χ4v) is 4.16. The van der Waals surface area contributed by atoms with E-state index in [2.05, 4.69) is 4.98 Å². The number of ether oxygens (including phenoxy) is 1. The molecule has 2 aromatic carbocycles. The van der Waals surface area contributed by atoms with E-state index in [0.717, 1.165) is 35.6 Å². The molecule has 0 atom stereocenters. The fraction of sp³-hybridized carbons (Fsp3) is 0.231. The summed E-state index contributed by atoms with van der Waals surface area (Å²) in [6, 6.07) is 19.1. The van der Waals surface area contributed by atoms with Gasteiger partial charge in [0, 0.05) is 16.7 Å². The van der Waals surface area contributed by atoms with Crippen LogP contribution in [-0.2, 0) is 26.7 Å². The lowest BCUT2D eigenvalue weighted by Gasteiger charge is -2.04. The van der Waals surface area contributed by atoms with E-state index in [4.69, 9.17) is 37.7 Å². The molecule has 0 spiro atoms. The van der Waals surface area contributed by atoms with Gasteiger partial charge in [0.25, 0.3) is 0 Å². The number of halogens is 2. The Hall–Kier alpha value is -2.51. The summed E-state index contributed by atoms with van der Waals surface area (Å²) in [5.41, 5.74) is 2.76. The third-order valence-corrected chi connectivity index (χ3v) is 6.51. The number of thioether (sulfide) groups is 1. The van der Waals surface area contributed by atoms with Crippen LogP contribution in [0.4, 0.5) is 0 Å². The Kier molecular flexibility index (Phi) is 10.8. The Balaban J connectivity index is 1.35. The van der Waals surface area contributed by atoms with Crippen molar-refractivity contribution in [3.63, 3.8) is 0 Å². The Morgan fingerprint density at radius 1 is 1.03 bits per heavy atom. The van der Waals surface area contributed by atoms with Crippen LogP contribution in [0.2, 0.25) is 10.0 Å². The maximum absolute atomic E-state index is 11.9. The molecule has 0 aliphatic rings. The second kappa shape index (κ2) is 14.0. The highest BCUT2D eigenvalue weighted by atomic mass is 35.5. The molecule has 0 fully saturated rings. The summed E-state index contributed by atoms with van der Waals surface area (Å²) in [6.45, 7) is 0.343. The van der Waals surface area contributed by atoms with Gasteiger partial charge in [0.1, 0.15) is 5.75 Å². The van der Waals surface area contributed by atoms with E-state index in [1.807, 2.05) is 54.6 Å². The SMILES string of the molecule is COc1ccc(CCCCOOC(=O)C=Cc2cccc(CSc3ccc(Cl)c(Cl)c3)n2)cc1. The molecule has 0 saturated heterocycles. The molecular weight excluding hydrogens is 493 g/mol. The van der Waals surface area contributed by atoms with Gasteiger partial charge < -0.3 is 4.74 Å². The average molecular weight is 518 g/mol. The van der Waals surface area contributed by atoms with Gasteiger partial charge in [-0.2, -0.15) is 4.89 Å². The van der Waals surface area contributed by atoms with Crippen LogP contribution in [-0.4, -0.2) is 24.7 Å². The Labute approximate surface area is 214 Å². The van der Waals surface area contributed by atoms with Crippen molar-refractivity contribution < 1.29 is 19.3 Å². The molecule has 5 nitrogen and oxygen atoms in total. The summed E-state index contributed by atoms with van der Waals surface area (Å²) < 4.78 is 5.15. The molecule has 1 aromatic heterocycles. The summed E-state index contributed by atoms with van der Waals surface area (Å²) in [5, 5.41) is 1.05. The van der Waals surface area contributed by atoms with E-state index in [1.54, 1.807) is 31.0 Å². The normalized spacial score (nSPS) is 11.0. The highest BCUT2D eigenvalue weighted by molar-refractivity contribution is 7.98. The third-order valence-electron chi connectivity index (χ3n) is 4.74. The minimum Gasteiger partial charge on any atom is -0.497 e. The topological polar surface area (TPSA) is 57.7 Å². The molecule has 1 heterocycles. The Morgan fingerprint density at radius 2 is 1.85 bits per heavy atom. The quantitative estimate of drug-likeness (QED) is 0.0831. The molecule has 3 rings (SSSR count). The van der Waals surface area contributed by atoms with Gasteiger partial charge in [-0.3, -0.25) is 9.87 Å². The fourth-order valence-electron chi connectivity index (χ4n) is 2.96. The number of pyridine rings is 1. The first-order valence-electron chi connectivity index (χ1n) is 10.7. The summed E-state index contributed by atoms with van der Waals surface area (Å²) in [7, 11) is 1.65. The number of aryl methyl sites for hydroxylation is 1. The van der Waals surface area contributed by atoms with Crippen LogP contribution in [0, 0.1) is 0 Å². The van der Waals surface area contributed by atoms with E-state index in [0.29, 0.717) is 28.1 Å². The highest BCUT2D eigenvalue weighted by Gasteiger charge is 2.04. The van der Waals surface area contributed by atoms with Crippen molar-refractivity contribution in [3.05, 3.63) is 93.7 Å². The molecule has 0 amide bonds. The largest absolute Gasteiger partial charge is 0.497 e. The number of aromatic nitrogens is 1. The molecule has 3 aromatic rings. The molecule has 34 heavy (non-hydrogen) atoms. The number of hydrogen-bond acceptors (Lipinski definition) is 6. The van der Waals surface area contributed by atoms with E-state index < -0.39 is 5.97 Å². The average Bonchev–Trinajstić information content (AvgIpc) is 2.86. The number of nitrogens with zero attached hydrogens (tertiary/aromatic N) is 1. The van der Waals surface area contributed by atoms with Crippen molar-refractivity contribution >= 4 is 47.0 Å². The second-order valence-corrected chi connectivity index (χ2v) is 9.14. The van der Waals surface area contributed by atoms with Gasteiger partial charge in [-0.15, -0.1) is 11.8 Å². The van der Waals surface area contributed by atoms with Gasteiger partial charge in [-0.25, -0.2) is 4.79 Å². The molecule has 0 radical (unpaired) electrons. The van der Waals surface area contributed by atoms with Gasteiger partial charge in [0.2, 0.25) is 0 Å². The standard InChI is InChI=1S/C26H25Cl2NO4S/c1-31-22-11-8-19(9-12-22)5-2-3-16-32-33-26(30)15-10-20-6-4-7-21(29-20)18-34-23-13-14-24(27)25(28)17-23/h4,6-15,17H,2-3,5,16,18H2,1H3. The van der Waals surface area contributed by atoms with Crippen LogP contribution in [0.1, 0.15) is 29.8 Å². The number of benzene rings is 2. The van der Waals surface area contributed by atoms with Crippen molar-refractivity contribution in [2.24, 2.45) is 0 Å². The van der Waals surface area contributed by atoms with Gasteiger partial charge in [-0.05, 0) is 73.4 Å². The van der Waals surface area contributed by atoms with Gasteiger partial charge in [0.15, 0.2) is 0 Å². The van der Waals surface area contributed by atoms with Crippen LogP contribution < -0.4 is 4.74 Å². The van der Waals surface area contributed by atoms with Crippen LogP contribution in [0.3, 0.4) is 0 Å². The molecule has 0 aliphatic carbocycles. The molecule has 0 saturated carbocycles. The lowest BCUT2D eigenvalue weighted by atomic mass is 10.1. The maximum atomic E-state index is 11.9. The minimum atomic E-state index is -0.576. The minimum absolute atomic E-state index is 0.343. The Morgan fingerprint density at radius 3 is 2.62 bits per heavy atom. The number of unbranched alkanes of at least 4 members (excludes halogenated alkanes) is 1. The lowest BCUT2D eigenvalue weighted by Crippen LogP contribution is -2.03. The van der Waals surface area contributed by atoms with Gasteiger partial charge in [0.05, 0.1) is 35.1 Å². The van der Waals surface area contributed by atoms with E-state index in [-0.39, 0.29) is 0 Å². The number of hydrogen-bond donors (Lipinski definition) is 0. The molecule has 0 unspecified atom stereocenters. The lowest BCUT2D eigenvalue weighted by molar-refractivity contribution is -0.267. The zero-order valence-corrected chi connectivity index (χ0v) is 21.0. The summed E-state index contributed by atoms with van der Waals surface area (Å²) in [4.78, 5) is 27.3. The molecule has 0 bridgehead atoms. The second-order valence-electron chi connectivity index (χ2n) is 7.28. The molecule has 178 valence electrons. The zero-order valence-electron chi connectivity index (χ0n) is 18.7. The highest BCUT2D eigenvalue weighted by Crippen LogP contribution is 2.29. The predicted octanol–water partition coefficient (Wildman–Crippen LogP) is 7.20. The molecule has 0 N–H and O–H groups in total. The van der Waals surface area contributed by atoms with Crippen molar-refractivity contribution in [1.29, 1.82) is 0 Å². The van der Waals surface area contributed by atoms with Crippen LogP contribution in [0.5, 0.6) is 5.75 Å². The van der Waals surface area contributed by atoms with Crippen molar-refractivity contribution in [2.75, 3.05) is 13.7 Å². The van der Waals surface area contributed by atoms with Crippen LogP contribution in [0.15, 0.2) is 71.6 Å². The first kappa shape index (κ1) is 26.1. The monoisotopic (exact) mass is 517 g/mol. The molecule has 8 heteroatoms. The van der Waals surface area contributed by atoms with E-state index in [9.17, 15) is 4.79 Å². The number of carbonyl (C=O) groups is 1. The summed E-state index contributed by atoms with van der Waals surface area (Å²) in [5.74, 6) is 0.924. The summed E-state index contributed by atoms with van der Waals surface area (Å²) in [6.07, 6.45) is 5.53. The first-order chi connectivity index (χ1) is 16.5. The van der Waals surface area contributed by atoms with Crippen molar-refractivity contribution in [2.45, 2.75) is 29.9 Å². The first-order valence-corrected chi connectivity index (χ1v) is 12.5. The van der Waals surface area contributed by atoms with E-state index in [1.165, 1.54) is 11.6 Å². The molecule has 0 aliphatic heterocycles. The van der Waals surface area contributed by atoms with E-state index >= 15 is 0 Å². The Bertz CT molecular complexity index is 1110. The number of carbonyl (C=O) groups excluding carboxylic acids is 1. The maximum Gasteiger partial charge on any atom is 0.366 e. The van der Waals surface area contributed by atoms with Gasteiger partial charge in [-0.1, -0.05) is 41.4 Å². The number of rotatable bonds is 12. The smallest absolute Gasteiger partial charge is 0.366 e. The summed E-state index contributed by atoms with van der Waals surface area (Å²) >= 11 is 13.6. The predicted molar refractivity (Wildman–Crippen MR) is 137 cm³/mol. The molecular formula is C26H25Cl2NO4S. The van der Waals surface area contributed by atoms with Crippen molar-refractivity contribution in [3.8, 4) is 5.75 Å².